The number of nitrogens with one attached hydrogen (secondary N) is 1. The van der Waals surface area contributed by atoms with Gasteiger partial charge in [0, 0.05) is 5.92 Å². The normalized spacial score (nSPS) is 16.4. The lowest BCUT2D eigenvalue weighted by Gasteiger charge is -2.18. The molecule has 0 spiro atoms. The van der Waals surface area contributed by atoms with Crippen LogP contribution in [0.25, 0.3) is 0 Å². The van der Waals surface area contributed by atoms with Crippen molar-refractivity contribution in [3.63, 3.8) is 0 Å². The monoisotopic (exact) mass is 161 g/mol. The van der Waals surface area contributed by atoms with E-state index in [-0.39, 0.29) is 5.92 Å². The second-order valence-corrected chi connectivity index (χ2v) is 3.16. The largest absolute Gasteiger partial charge is 0.293 e. The van der Waals surface area contributed by atoms with Gasteiger partial charge in [-0.3, -0.25) is 5.41 Å². The second-order valence-electron chi connectivity index (χ2n) is 2.75. The van der Waals surface area contributed by atoms with Crippen LogP contribution < -0.4 is 0 Å². The van der Waals surface area contributed by atoms with Crippen molar-refractivity contribution >= 4 is 16.8 Å². The van der Waals surface area contributed by atoms with Crippen molar-refractivity contribution in [3.8, 4) is 0 Å². The van der Waals surface area contributed by atoms with Crippen molar-refractivity contribution in [1.82, 2.24) is 0 Å². The molecule has 0 bridgehead atoms. The van der Waals surface area contributed by atoms with Gasteiger partial charge < -0.3 is 0 Å². The van der Waals surface area contributed by atoms with Gasteiger partial charge in [0.1, 0.15) is 5.17 Å². The topological polar surface area (TPSA) is 23.9 Å². The van der Waals surface area contributed by atoms with E-state index in [9.17, 15) is 0 Å². The highest BCUT2D eigenvalue weighted by Crippen LogP contribution is 2.20. The van der Waals surface area contributed by atoms with E-state index in [1.807, 2.05) is 0 Å². The summed E-state index contributed by atoms with van der Waals surface area (Å²) in [6.07, 6.45) is 2.09. The van der Waals surface area contributed by atoms with Crippen molar-refractivity contribution in [2.45, 2.75) is 33.6 Å². The Morgan fingerprint density at radius 1 is 1.40 bits per heavy atom. The standard InChI is InChI=1S/C8H16ClN/c1-4-6(3)7(5-2)8(9)10/h6-7,10H,4-5H2,1-3H3. The third-order valence-electron chi connectivity index (χ3n) is 2.10. The van der Waals surface area contributed by atoms with Gasteiger partial charge in [-0.2, -0.15) is 0 Å². The zero-order chi connectivity index (χ0) is 8.15. The molecule has 2 heteroatoms. The molecule has 0 aromatic rings. The quantitative estimate of drug-likeness (QED) is 0.612. The molecule has 0 aromatic carbocycles. The van der Waals surface area contributed by atoms with Crippen LogP contribution in [0.5, 0.6) is 0 Å². The lowest BCUT2D eigenvalue weighted by Crippen LogP contribution is -2.15. The minimum Gasteiger partial charge on any atom is -0.293 e. The fourth-order valence-electron chi connectivity index (χ4n) is 1.12. The molecule has 0 amide bonds. The fraction of sp³-hybridized carbons (Fsp3) is 0.875. The molecule has 0 fully saturated rings. The average molecular weight is 162 g/mol. The molecule has 0 heterocycles. The van der Waals surface area contributed by atoms with Crippen LogP contribution in [-0.4, -0.2) is 5.17 Å². The molecule has 0 saturated heterocycles. The van der Waals surface area contributed by atoms with Gasteiger partial charge in [0.25, 0.3) is 0 Å². The van der Waals surface area contributed by atoms with Crippen molar-refractivity contribution in [1.29, 1.82) is 5.41 Å². The van der Waals surface area contributed by atoms with Crippen LogP contribution in [0.1, 0.15) is 33.6 Å². The molecule has 0 saturated carbocycles. The highest BCUT2D eigenvalue weighted by atomic mass is 35.5. The number of rotatable bonds is 4. The Morgan fingerprint density at radius 3 is 2.00 bits per heavy atom. The van der Waals surface area contributed by atoms with E-state index in [2.05, 4.69) is 20.8 Å². The predicted molar refractivity (Wildman–Crippen MR) is 46.8 cm³/mol. The third-order valence-corrected chi connectivity index (χ3v) is 2.38. The van der Waals surface area contributed by atoms with Crippen molar-refractivity contribution in [2.75, 3.05) is 0 Å². The van der Waals surface area contributed by atoms with Crippen LogP contribution in [0.15, 0.2) is 0 Å². The van der Waals surface area contributed by atoms with E-state index in [4.69, 9.17) is 17.0 Å². The average Bonchev–Trinajstić information content (AvgIpc) is 1.88. The smallest absolute Gasteiger partial charge is 0.100 e. The molecular formula is C8H16ClN. The summed E-state index contributed by atoms with van der Waals surface area (Å²) < 4.78 is 0. The Morgan fingerprint density at radius 2 is 1.90 bits per heavy atom. The summed E-state index contributed by atoms with van der Waals surface area (Å²) in [6.45, 7) is 6.35. The van der Waals surface area contributed by atoms with E-state index >= 15 is 0 Å². The van der Waals surface area contributed by atoms with Crippen LogP contribution in [-0.2, 0) is 0 Å². The third kappa shape index (κ3) is 2.70. The molecule has 2 atom stereocenters. The van der Waals surface area contributed by atoms with Gasteiger partial charge in [-0.25, -0.2) is 0 Å². The van der Waals surface area contributed by atoms with Crippen molar-refractivity contribution in [3.05, 3.63) is 0 Å². The van der Waals surface area contributed by atoms with Crippen molar-refractivity contribution < 1.29 is 0 Å². The summed E-state index contributed by atoms with van der Waals surface area (Å²) in [7, 11) is 0. The minimum atomic E-state index is 0.284. The van der Waals surface area contributed by atoms with Crippen LogP contribution in [0.3, 0.4) is 0 Å². The lowest BCUT2D eigenvalue weighted by atomic mass is 9.91. The molecule has 0 aliphatic rings. The summed E-state index contributed by atoms with van der Waals surface area (Å²) in [5.74, 6) is 0.835. The van der Waals surface area contributed by atoms with Gasteiger partial charge in [0.2, 0.25) is 0 Å². The SMILES string of the molecule is CCC(C)C(CC)C(=N)Cl. The van der Waals surface area contributed by atoms with Crippen LogP contribution in [0, 0.1) is 17.2 Å². The first-order chi connectivity index (χ1) is 4.63. The van der Waals surface area contributed by atoms with Gasteiger partial charge in [0.05, 0.1) is 0 Å². The molecule has 0 rings (SSSR count). The molecule has 0 aliphatic heterocycles. The maximum atomic E-state index is 7.25. The van der Waals surface area contributed by atoms with E-state index in [0.717, 1.165) is 12.8 Å². The Kier molecular flexibility index (Phi) is 4.71. The molecule has 0 aromatic heterocycles. The molecular weight excluding hydrogens is 146 g/mol. The van der Waals surface area contributed by atoms with Gasteiger partial charge in [0.15, 0.2) is 0 Å². The van der Waals surface area contributed by atoms with Crippen LogP contribution >= 0.6 is 11.6 Å². The fourth-order valence-corrected chi connectivity index (χ4v) is 1.49. The highest BCUT2D eigenvalue weighted by Gasteiger charge is 2.16. The van der Waals surface area contributed by atoms with Crippen LogP contribution in [0.4, 0.5) is 0 Å². The molecule has 0 aliphatic carbocycles. The number of hydrogen-bond acceptors (Lipinski definition) is 1. The van der Waals surface area contributed by atoms with E-state index < -0.39 is 0 Å². The Hall–Kier alpha value is -0.0400. The summed E-state index contributed by atoms with van der Waals surface area (Å²) in [6, 6.07) is 0. The van der Waals surface area contributed by atoms with Gasteiger partial charge >= 0.3 is 0 Å². The molecule has 0 radical (unpaired) electrons. The zero-order valence-electron chi connectivity index (χ0n) is 6.95. The summed E-state index contributed by atoms with van der Waals surface area (Å²) in [5.41, 5.74) is 0. The first-order valence-corrected chi connectivity index (χ1v) is 4.25. The first-order valence-electron chi connectivity index (χ1n) is 3.87. The van der Waals surface area contributed by atoms with Gasteiger partial charge in [-0.15, -0.1) is 0 Å². The van der Waals surface area contributed by atoms with E-state index in [0.29, 0.717) is 11.1 Å². The van der Waals surface area contributed by atoms with Gasteiger partial charge in [-0.05, 0) is 12.3 Å². The first kappa shape index (κ1) is 9.96. The lowest BCUT2D eigenvalue weighted by molar-refractivity contribution is 0.432. The van der Waals surface area contributed by atoms with E-state index in [1.165, 1.54) is 0 Å². The number of hydrogen-bond donors (Lipinski definition) is 1. The number of halogens is 1. The summed E-state index contributed by atoms with van der Waals surface area (Å²) >= 11 is 5.60. The summed E-state index contributed by atoms with van der Waals surface area (Å²) in [5, 5.41) is 7.57. The maximum Gasteiger partial charge on any atom is 0.100 e. The maximum absolute atomic E-state index is 7.25. The predicted octanol–water partition coefficient (Wildman–Crippen LogP) is 3.27. The molecule has 60 valence electrons. The molecule has 1 nitrogen and oxygen atoms in total. The Labute approximate surface area is 68.3 Å². The Bertz CT molecular complexity index is 112. The highest BCUT2D eigenvalue weighted by molar-refractivity contribution is 6.65. The van der Waals surface area contributed by atoms with Gasteiger partial charge in [-0.1, -0.05) is 38.8 Å². The molecule has 2 unspecified atom stereocenters. The molecule has 1 N–H and O–H groups in total. The van der Waals surface area contributed by atoms with Crippen LogP contribution in [0.2, 0.25) is 0 Å². The minimum absolute atomic E-state index is 0.284. The van der Waals surface area contributed by atoms with Crippen molar-refractivity contribution in [2.24, 2.45) is 11.8 Å². The van der Waals surface area contributed by atoms with E-state index in [1.54, 1.807) is 0 Å². The molecule has 10 heavy (non-hydrogen) atoms. The second kappa shape index (κ2) is 4.73. The summed E-state index contributed by atoms with van der Waals surface area (Å²) in [4.78, 5) is 0. The zero-order valence-corrected chi connectivity index (χ0v) is 7.70. The Balaban J connectivity index is 3.92.